The number of ether oxygens (including phenoxy) is 1. The molecule has 0 spiro atoms. The molecule has 0 saturated carbocycles. The summed E-state index contributed by atoms with van der Waals surface area (Å²) in [5, 5.41) is 3.91. The molecule has 2 fully saturated rings. The Bertz CT molecular complexity index is 607. The van der Waals surface area contributed by atoms with Gasteiger partial charge in [-0.05, 0) is 26.7 Å². The van der Waals surface area contributed by atoms with Gasteiger partial charge in [-0.15, -0.1) is 0 Å². The first-order valence-corrected chi connectivity index (χ1v) is 9.16. The third kappa shape index (κ3) is 3.05. The number of hydrogen-bond acceptors (Lipinski definition) is 5. The van der Waals surface area contributed by atoms with Gasteiger partial charge in [0, 0.05) is 37.7 Å². The third-order valence-electron chi connectivity index (χ3n) is 4.43. The molecular formula is C14H23N3O4S. The van der Waals surface area contributed by atoms with E-state index in [1.54, 1.807) is 8.61 Å². The molecule has 0 radical (unpaired) electrons. The molecular weight excluding hydrogens is 306 g/mol. The summed E-state index contributed by atoms with van der Waals surface area (Å²) < 4.78 is 39.3. The maximum absolute atomic E-state index is 12.8. The van der Waals surface area contributed by atoms with Crippen LogP contribution in [0.3, 0.4) is 0 Å². The molecule has 2 saturated heterocycles. The van der Waals surface area contributed by atoms with Crippen molar-refractivity contribution in [3.05, 3.63) is 17.5 Å². The summed E-state index contributed by atoms with van der Waals surface area (Å²) in [6.07, 6.45) is 1.54. The highest BCUT2D eigenvalue weighted by atomic mass is 32.2. The standard InChI is InChI=1S/C14H23N3O4S/c1-11-9-14(21-15-11)13-3-5-16(6-4-13)22(18,19)17-7-8-20-10-12(17)2/h9,12-13H,3-8,10H2,1-2H3. The Morgan fingerprint density at radius 2 is 2.00 bits per heavy atom. The molecule has 0 amide bonds. The Hall–Kier alpha value is -0.960. The number of rotatable bonds is 3. The zero-order valence-electron chi connectivity index (χ0n) is 13.1. The molecule has 0 aromatic carbocycles. The average molecular weight is 329 g/mol. The molecule has 0 N–H and O–H groups in total. The van der Waals surface area contributed by atoms with Crippen LogP contribution in [0.15, 0.2) is 10.6 Å². The minimum Gasteiger partial charge on any atom is -0.378 e. The zero-order valence-corrected chi connectivity index (χ0v) is 13.9. The van der Waals surface area contributed by atoms with Crippen molar-refractivity contribution >= 4 is 10.2 Å². The fourth-order valence-corrected chi connectivity index (χ4v) is 4.94. The van der Waals surface area contributed by atoms with Crippen LogP contribution in [0.1, 0.15) is 37.1 Å². The Morgan fingerprint density at radius 1 is 1.27 bits per heavy atom. The van der Waals surface area contributed by atoms with Crippen LogP contribution in [-0.2, 0) is 14.9 Å². The van der Waals surface area contributed by atoms with E-state index in [-0.39, 0.29) is 12.0 Å². The predicted molar refractivity (Wildman–Crippen MR) is 80.7 cm³/mol. The molecule has 2 aliphatic rings. The summed E-state index contributed by atoms with van der Waals surface area (Å²) >= 11 is 0. The molecule has 1 aromatic heterocycles. The normalized spacial score (nSPS) is 26.4. The second kappa shape index (κ2) is 6.27. The van der Waals surface area contributed by atoms with Crippen LogP contribution < -0.4 is 0 Å². The van der Waals surface area contributed by atoms with E-state index in [0.717, 1.165) is 24.3 Å². The van der Waals surface area contributed by atoms with E-state index in [1.165, 1.54) is 0 Å². The minimum absolute atomic E-state index is 0.103. The fourth-order valence-electron chi connectivity index (χ4n) is 3.15. The molecule has 0 aliphatic carbocycles. The maximum Gasteiger partial charge on any atom is 0.282 e. The number of piperidine rings is 1. The molecule has 3 heterocycles. The van der Waals surface area contributed by atoms with Gasteiger partial charge in [0.15, 0.2) is 0 Å². The summed E-state index contributed by atoms with van der Waals surface area (Å²) in [5.74, 6) is 1.13. The zero-order chi connectivity index (χ0) is 15.7. The minimum atomic E-state index is -3.39. The van der Waals surface area contributed by atoms with Gasteiger partial charge in [-0.25, -0.2) is 0 Å². The van der Waals surface area contributed by atoms with Crippen molar-refractivity contribution in [2.24, 2.45) is 0 Å². The molecule has 1 aromatic rings. The van der Waals surface area contributed by atoms with E-state index in [9.17, 15) is 8.42 Å². The van der Waals surface area contributed by atoms with Crippen LogP contribution >= 0.6 is 0 Å². The van der Waals surface area contributed by atoms with Crippen molar-refractivity contribution in [3.8, 4) is 0 Å². The number of morpholine rings is 1. The van der Waals surface area contributed by atoms with Gasteiger partial charge in [-0.2, -0.15) is 17.0 Å². The van der Waals surface area contributed by atoms with Crippen LogP contribution in [0.25, 0.3) is 0 Å². The van der Waals surface area contributed by atoms with Gasteiger partial charge in [0.1, 0.15) is 5.76 Å². The first-order chi connectivity index (χ1) is 10.5. The Morgan fingerprint density at radius 3 is 2.59 bits per heavy atom. The average Bonchev–Trinajstić information content (AvgIpc) is 2.94. The lowest BCUT2D eigenvalue weighted by atomic mass is 9.95. The molecule has 8 heteroatoms. The van der Waals surface area contributed by atoms with E-state index in [0.29, 0.717) is 32.8 Å². The molecule has 7 nitrogen and oxygen atoms in total. The second-order valence-electron chi connectivity index (χ2n) is 6.09. The first-order valence-electron chi connectivity index (χ1n) is 7.76. The summed E-state index contributed by atoms with van der Waals surface area (Å²) in [4.78, 5) is 0. The van der Waals surface area contributed by atoms with E-state index in [4.69, 9.17) is 9.26 Å². The molecule has 1 unspecified atom stereocenters. The molecule has 2 aliphatic heterocycles. The number of aryl methyl sites for hydroxylation is 1. The summed E-state index contributed by atoms with van der Waals surface area (Å²) in [7, 11) is -3.39. The lowest BCUT2D eigenvalue weighted by molar-refractivity contribution is 0.0358. The topological polar surface area (TPSA) is 75.9 Å². The highest BCUT2D eigenvalue weighted by Crippen LogP contribution is 2.30. The fraction of sp³-hybridized carbons (Fsp3) is 0.786. The van der Waals surface area contributed by atoms with Gasteiger partial charge in [0.2, 0.25) is 0 Å². The maximum atomic E-state index is 12.8. The highest BCUT2D eigenvalue weighted by molar-refractivity contribution is 7.86. The number of hydrogen-bond donors (Lipinski definition) is 0. The van der Waals surface area contributed by atoms with Crippen molar-refractivity contribution in [2.75, 3.05) is 32.8 Å². The van der Waals surface area contributed by atoms with Crippen LogP contribution in [0.4, 0.5) is 0 Å². The van der Waals surface area contributed by atoms with E-state index < -0.39 is 10.2 Å². The Balaban J connectivity index is 1.65. The quantitative estimate of drug-likeness (QED) is 0.831. The summed E-state index contributed by atoms with van der Waals surface area (Å²) in [6, 6.07) is 1.84. The largest absolute Gasteiger partial charge is 0.378 e. The van der Waals surface area contributed by atoms with E-state index >= 15 is 0 Å². The van der Waals surface area contributed by atoms with E-state index in [2.05, 4.69) is 5.16 Å². The van der Waals surface area contributed by atoms with Crippen molar-refractivity contribution in [1.29, 1.82) is 0 Å². The Labute approximate surface area is 131 Å². The van der Waals surface area contributed by atoms with Gasteiger partial charge >= 0.3 is 0 Å². The van der Waals surface area contributed by atoms with Gasteiger partial charge in [-0.3, -0.25) is 0 Å². The third-order valence-corrected chi connectivity index (χ3v) is 6.58. The summed E-state index contributed by atoms with van der Waals surface area (Å²) in [5.41, 5.74) is 0.868. The van der Waals surface area contributed by atoms with Gasteiger partial charge in [-0.1, -0.05) is 5.16 Å². The molecule has 124 valence electrons. The van der Waals surface area contributed by atoms with Crippen molar-refractivity contribution < 1.29 is 17.7 Å². The number of aromatic nitrogens is 1. The first kappa shape index (κ1) is 15.9. The SMILES string of the molecule is Cc1cc(C2CCN(S(=O)(=O)N3CCOCC3C)CC2)on1. The van der Waals surface area contributed by atoms with Crippen molar-refractivity contribution in [1.82, 2.24) is 13.8 Å². The smallest absolute Gasteiger partial charge is 0.282 e. The lowest BCUT2D eigenvalue weighted by Gasteiger charge is -2.38. The van der Waals surface area contributed by atoms with Crippen LogP contribution in [0.5, 0.6) is 0 Å². The van der Waals surface area contributed by atoms with Crippen LogP contribution in [-0.4, -0.2) is 61.1 Å². The predicted octanol–water partition coefficient (Wildman–Crippen LogP) is 1.13. The highest BCUT2D eigenvalue weighted by Gasteiger charge is 2.37. The molecule has 22 heavy (non-hydrogen) atoms. The van der Waals surface area contributed by atoms with Crippen LogP contribution in [0, 0.1) is 6.92 Å². The molecule has 0 bridgehead atoms. The summed E-state index contributed by atoms with van der Waals surface area (Å²) in [6.45, 7) is 6.20. The molecule has 1 atom stereocenters. The second-order valence-corrected chi connectivity index (χ2v) is 7.97. The van der Waals surface area contributed by atoms with E-state index in [1.807, 2.05) is 19.9 Å². The monoisotopic (exact) mass is 329 g/mol. The van der Waals surface area contributed by atoms with Crippen LogP contribution in [0.2, 0.25) is 0 Å². The lowest BCUT2D eigenvalue weighted by Crippen LogP contribution is -2.54. The Kier molecular flexibility index (Phi) is 4.54. The number of nitrogens with zero attached hydrogens (tertiary/aromatic N) is 3. The van der Waals surface area contributed by atoms with Crippen molar-refractivity contribution in [3.63, 3.8) is 0 Å². The van der Waals surface area contributed by atoms with Crippen molar-refractivity contribution in [2.45, 2.75) is 38.6 Å². The van der Waals surface area contributed by atoms with Gasteiger partial charge < -0.3 is 9.26 Å². The molecule has 3 rings (SSSR count). The van der Waals surface area contributed by atoms with Gasteiger partial charge in [0.25, 0.3) is 10.2 Å². The van der Waals surface area contributed by atoms with Gasteiger partial charge in [0.05, 0.1) is 18.9 Å².